The first-order valence-electron chi connectivity index (χ1n) is 12.2. The Balaban J connectivity index is 2.64. The molecular formula is C26H33NO6. The average Bonchev–Trinajstić information content (AvgIpc) is 2.74. The average molecular weight is 459 g/mol. The predicted octanol–water partition coefficient (Wildman–Crippen LogP) is 4.40. The molecule has 0 amide bonds. The fourth-order valence-electron chi connectivity index (χ4n) is 3.62. The highest BCUT2D eigenvalue weighted by Crippen LogP contribution is 2.40. The molecule has 7 heteroatoms. The molecule has 0 aliphatic carbocycles. The van der Waals surface area contributed by atoms with E-state index in [9.17, 15) is 14.4 Å². The summed E-state index contributed by atoms with van der Waals surface area (Å²) in [6, 6.07) is 6.95. The molecule has 33 heavy (non-hydrogen) atoms. The summed E-state index contributed by atoms with van der Waals surface area (Å²) in [5.41, 5.74) is 1.56. The van der Waals surface area contributed by atoms with Crippen molar-refractivity contribution in [1.82, 2.24) is 5.32 Å². The first-order chi connectivity index (χ1) is 16.6. The number of allylic oxidation sites excluding steroid dienone is 2. The van der Waals surface area contributed by atoms with Gasteiger partial charge in [0, 0.05) is 21.6 Å². The van der Waals surface area contributed by atoms with E-state index < -0.39 is 42.9 Å². The van der Waals surface area contributed by atoms with Gasteiger partial charge in [-0.25, -0.2) is 14.4 Å². The number of hydrogen-bond donors (Lipinski definition) is 1. The van der Waals surface area contributed by atoms with Crippen LogP contribution in [0.15, 0.2) is 52.9 Å². The van der Waals surface area contributed by atoms with Crippen LogP contribution in [0.1, 0.15) is 69.6 Å². The number of benzene rings is 1. The van der Waals surface area contributed by atoms with E-state index in [-0.39, 0.29) is 17.8 Å². The van der Waals surface area contributed by atoms with E-state index in [0.717, 1.165) is 0 Å². The van der Waals surface area contributed by atoms with Gasteiger partial charge in [-0.05, 0) is 65.6 Å². The topological polar surface area (TPSA) is 90.9 Å². The van der Waals surface area contributed by atoms with E-state index in [4.69, 9.17) is 18.3 Å². The van der Waals surface area contributed by atoms with E-state index in [1.807, 2.05) is 0 Å². The summed E-state index contributed by atoms with van der Waals surface area (Å²) in [7, 11) is 0. The normalized spacial score (nSPS) is 18.2. The van der Waals surface area contributed by atoms with Crippen molar-refractivity contribution in [3.05, 3.63) is 64.0 Å². The molecule has 2 rings (SSSR count). The maximum atomic E-state index is 13.2. The SMILES string of the molecule is [2H]C([2H])([2H])COC(=O)C1=C(C)NC(C)=C(C(=O)OCC)C1c1ccccc1/C=C/C(=O)OC(C)(C)C. The summed E-state index contributed by atoms with van der Waals surface area (Å²) >= 11 is 0. The summed E-state index contributed by atoms with van der Waals surface area (Å²) in [4.78, 5) is 38.5. The Labute approximate surface area is 199 Å². The highest BCUT2D eigenvalue weighted by molar-refractivity contribution is 6.00. The Bertz CT molecular complexity index is 1110. The largest absolute Gasteiger partial charge is 0.463 e. The van der Waals surface area contributed by atoms with Crippen molar-refractivity contribution >= 4 is 24.0 Å². The van der Waals surface area contributed by atoms with Gasteiger partial charge >= 0.3 is 17.9 Å². The van der Waals surface area contributed by atoms with Crippen LogP contribution in [0.2, 0.25) is 0 Å². The molecule has 1 aliphatic heterocycles. The molecule has 1 aromatic rings. The number of dihydropyridines is 1. The molecular weight excluding hydrogens is 422 g/mol. The number of rotatable bonds is 7. The minimum absolute atomic E-state index is 0.0750. The minimum atomic E-state index is -2.48. The van der Waals surface area contributed by atoms with Crippen molar-refractivity contribution in [2.75, 3.05) is 13.2 Å². The molecule has 178 valence electrons. The summed E-state index contributed by atoms with van der Waals surface area (Å²) in [5.74, 6) is -2.99. The summed E-state index contributed by atoms with van der Waals surface area (Å²) < 4.78 is 37.9. The van der Waals surface area contributed by atoms with Crippen molar-refractivity contribution in [3.8, 4) is 0 Å². The van der Waals surface area contributed by atoms with Gasteiger partial charge in [-0.1, -0.05) is 24.3 Å². The van der Waals surface area contributed by atoms with Crippen LogP contribution in [-0.4, -0.2) is 36.7 Å². The predicted molar refractivity (Wildman–Crippen MR) is 126 cm³/mol. The third kappa shape index (κ3) is 6.57. The van der Waals surface area contributed by atoms with E-state index in [0.29, 0.717) is 22.5 Å². The molecule has 1 N–H and O–H groups in total. The van der Waals surface area contributed by atoms with Gasteiger partial charge in [-0.2, -0.15) is 0 Å². The smallest absolute Gasteiger partial charge is 0.336 e. The van der Waals surface area contributed by atoms with Crippen molar-refractivity contribution in [1.29, 1.82) is 0 Å². The van der Waals surface area contributed by atoms with Gasteiger partial charge in [0.1, 0.15) is 5.60 Å². The van der Waals surface area contributed by atoms with Gasteiger partial charge in [0.05, 0.1) is 30.3 Å². The number of hydrogen-bond acceptors (Lipinski definition) is 7. The quantitative estimate of drug-likeness (QED) is 0.368. The van der Waals surface area contributed by atoms with Crippen molar-refractivity contribution < 1.29 is 32.7 Å². The number of carbonyl (C=O) groups is 3. The second-order valence-corrected chi connectivity index (χ2v) is 8.43. The van der Waals surface area contributed by atoms with Crippen molar-refractivity contribution in [3.63, 3.8) is 0 Å². The Morgan fingerprint density at radius 3 is 2.15 bits per heavy atom. The van der Waals surface area contributed by atoms with Crippen LogP contribution in [0, 0.1) is 0 Å². The Hall–Kier alpha value is -3.35. The van der Waals surface area contributed by atoms with Crippen LogP contribution in [0.4, 0.5) is 0 Å². The van der Waals surface area contributed by atoms with E-state index >= 15 is 0 Å². The maximum Gasteiger partial charge on any atom is 0.336 e. The number of esters is 3. The van der Waals surface area contributed by atoms with Crippen LogP contribution in [-0.2, 0) is 28.6 Å². The summed E-state index contributed by atoms with van der Waals surface area (Å²) in [6.45, 7) is 7.12. The maximum absolute atomic E-state index is 13.2. The Morgan fingerprint density at radius 1 is 1.03 bits per heavy atom. The second kappa shape index (κ2) is 11.0. The molecule has 1 heterocycles. The molecule has 0 bridgehead atoms. The number of carbonyl (C=O) groups excluding carboxylic acids is 3. The van der Waals surface area contributed by atoms with Gasteiger partial charge in [0.25, 0.3) is 0 Å². The fourth-order valence-corrected chi connectivity index (χ4v) is 3.62. The van der Waals surface area contributed by atoms with Crippen LogP contribution in [0.3, 0.4) is 0 Å². The zero-order chi connectivity index (χ0) is 27.3. The van der Waals surface area contributed by atoms with Gasteiger partial charge in [-0.3, -0.25) is 0 Å². The highest BCUT2D eigenvalue weighted by atomic mass is 16.6. The lowest BCUT2D eigenvalue weighted by molar-refractivity contribution is -0.148. The van der Waals surface area contributed by atoms with Gasteiger partial charge in [0.2, 0.25) is 0 Å². The standard InChI is InChI=1S/C26H33NO6/c1-8-31-24(29)21-16(3)27-17(4)22(25(30)32-9-2)23(21)19-13-11-10-12-18(19)14-15-20(28)33-26(5,6)7/h10-15,23,27H,8-9H2,1-7H3/b15-14+/i1D3. The van der Waals surface area contributed by atoms with Crippen LogP contribution < -0.4 is 5.32 Å². The molecule has 0 saturated heterocycles. The lowest BCUT2D eigenvalue weighted by Gasteiger charge is -2.31. The summed E-state index contributed by atoms with van der Waals surface area (Å²) in [5, 5.41) is 3.02. The summed E-state index contributed by atoms with van der Waals surface area (Å²) in [6.07, 6.45) is 2.82. The highest BCUT2D eigenvalue weighted by Gasteiger charge is 2.38. The second-order valence-electron chi connectivity index (χ2n) is 8.43. The molecule has 0 saturated carbocycles. The van der Waals surface area contributed by atoms with Gasteiger partial charge < -0.3 is 19.5 Å². The fraction of sp³-hybridized carbons (Fsp3) is 0.423. The Kier molecular flexibility index (Phi) is 7.16. The monoisotopic (exact) mass is 458 g/mol. The van der Waals surface area contributed by atoms with Gasteiger partial charge in [0.15, 0.2) is 0 Å². The first-order valence-corrected chi connectivity index (χ1v) is 10.7. The van der Waals surface area contributed by atoms with Crippen LogP contribution in [0.5, 0.6) is 0 Å². The van der Waals surface area contributed by atoms with E-state index in [2.05, 4.69) is 5.32 Å². The van der Waals surface area contributed by atoms with E-state index in [1.54, 1.807) is 71.9 Å². The van der Waals surface area contributed by atoms with Crippen molar-refractivity contribution in [2.45, 2.75) is 59.9 Å². The molecule has 7 nitrogen and oxygen atoms in total. The molecule has 0 fully saturated rings. The Morgan fingerprint density at radius 2 is 1.61 bits per heavy atom. The third-order valence-corrected chi connectivity index (χ3v) is 4.79. The molecule has 1 aromatic carbocycles. The number of ether oxygens (including phenoxy) is 3. The first kappa shape index (κ1) is 21.5. The van der Waals surface area contributed by atoms with E-state index in [1.165, 1.54) is 6.08 Å². The van der Waals surface area contributed by atoms with Crippen LogP contribution in [0.25, 0.3) is 6.08 Å². The van der Waals surface area contributed by atoms with Crippen LogP contribution >= 0.6 is 0 Å². The zero-order valence-electron chi connectivity index (χ0n) is 22.9. The molecule has 1 atom stereocenters. The molecule has 1 unspecified atom stereocenters. The molecule has 0 aromatic heterocycles. The van der Waals surface area contributed by atoms with Crippen molar-refractivity contribution in [2.24, 2.45) is 0 Å². The lowest BCUT2D eigenvalue weighted by Crippen LogP contribution is -2.32. The molecule has 0 spiro atoms. The third-order valence-electron chi connectivity index (χ3n) is 4.79. The molecule has 0 radical (unpaired) electrons. The minimum Gasteiger partial charge on any atom is -0.463 e. The zero-order valence-corrected chi connectivity index (χ0v) is 19.9. The number of nitrogens with one attached hydrogen (secondary N) is 1. The van der Waals surface area contributed by atoms with Gasteiger partial charge in [-0.15, -0.1) is 0 Å². The lowest BCUT2D eigenvalue weighted by atomic mass is 9.78. The molecule has 1 aliphatic rings.